The van der Waals surface area contributed by atoms with Crippen molar-refractivity contribution in [3.63, 3.8) is 0 Å². The van der Waals surface area contributed by atoms with Crippen molar-refractivity contribution in [1.82, 2.24) is 10.6 Å². The molecular weight excluding hydrogens is 255 g/mol. The Bertz CT molecular complexity index is 433. The van der Waals surface area contributed by atoms with Crippen LogP contribution in [-0.2, 0) is 0 Å². The van der Waals surface area contributed by atoms with Crippen molar-refractivity contribution in [1.29, 1.82) is 0 Å². The Kier molecular flexibility index (Phi) is 4.55. The van der Waals surface area contributed by atoms with Crippen LogP contribution in [0, 0.1) is 5.82 Å². The van der Waals surface area contributed by atoms with E-state index in [1.807, 2.05) is 0 Å². The zero-order valence-electron chi connectivity index (χ0n) is 10.0. The quantitative estimate of drug-likeness (QED) is 0.882. The highest BCUT2D eigenvalue weighted by atomic mass is 35.5. The maximum atomic E-state index is 12.9. The fraction of sp³-hybridized carbons (Fsp3) is 0.462. The van der Waals surface area contributed by atoms with Crippen molar-refractivity contribution in [2.24, 2.45) is 0 Å². The largest absolute Gasteiger partial charge is 0.352 e. The first-order chi connectivity index (χ1) is 8.66. The van der Waals surface area contributed by atoms with Crippen LogP contribution in [0.5, 0.6) is 0 Å². The normalized spacial score (nSPS) is 18.9. The van der Waals surface area contributed by atoms with Gasteiger partial charge in [0.1, 0.15) is 5.82 Å². The van der Waals surface area contributed by atoms with Gasteiger partial charge in [-0.15, -0.1) is 0 Å². The molecule has 0 unspecified atom stereocenters. The van der Waals surface area contributed by atoms with Gasteiger partial charge in [-0.1, -0.05) is 11.6 Å². The summed E-state index contributed by atoms with van der Waals surface area (Å²) in [5.41, 5.74) is 0.390. The molecule has 1 aliphatic rings. The first-order valence-electron chi connectivity index (χ1n) is 6.13. The fourth-order valence-corrected chi connectivity index (χ4v) is 2.28. The number of nitrogens with one attached hydrogen (secondary N) is 2. The highest BCUT2D eigenvalue weighted by Crippen LogP contribution is 2.16. The lowest BCUT2D eigenvalue weighted by Gasteiger charge is -2.10. The molecule has 18 heavy (non-hydrogen) atoms. The van der Waals surface area contributed by atoms with Crippen LogP contribution in [0.15, 0.2) is 18.2 Å². The standard InChI is InChI=1S/C13H16ClFN2O/c14-11-8-9(3-4-12(11)15)13(18)17-7-5-10-2-1-6-16-10/h3-4,8,10,16H,1-2,5-7H2,(H,17,18)/t10-/m0/s1. The molecule has 1 aromatic carbocycles. The third-order valence-electron chi connectivity index (χ3n) is 3.12. The molecule has 1 aliphatic heterocycles. The first kappa shape index (κ1) is 13.3. The number of hydrogen-bond acceptors (Lipinski definition) is 2. The Balaban J connectivity index is 1.81. The molecule has 1 fully saturated rings. The van der Waals surface area contributed by atoms with Crippen LogP contribution in [0.2, 0.25) is 5.02 Å². The smallest absolute Gasteiger partial charge is 0.251 e. The van der Waals surface area contributed by atoms with E-state index >= 15 is 0 Å². The van der Waals surface area contributed by atoms with E-state index in [1.54, 1.807) is 0 Å². The molecular formula is C13H16ClFN2O. The summed E-state index contributed by atoms with van der Waals surface area (Å²) in [6.45, 7) is 1.68. The van der Waals surface area contributed by atoms with Crippen LogP contribution in [0.1, 0.15) is 29.6 Å². The summed E-state index contributed by atoms with van der Waals surface area (Å²) in [4.78, 5) is 11.8. The van der Waals surface area contributed by atoms with Gasteiger partial charge in [-0.05, 0) is 44.0 Å². The van der Waals surface area contributed by atoms with Gasteiger partial charge in [-0.25, -0.2) is 4.39 Å². The van der Waals surface area contributed by atoms with E-state index in [4.69, 9.17) is 11.6 Å². The van der Waals surface area contributed by atoms with Gasteiger partial charge in [0.25, 0.3) is 5.91 Å². The van der Waals surface area contributed by atoms with Crippen molar-refractivity contribution in [2.45, 2.75) is 25.3 Å². The van der Waals surface area contributed by atoms with Crippen molar-refractivity contribution >= 4 is 17.5 Å². The van der Waals surface area contributed by atoms with Gasteiger partial charge in [0.15, 0.2) is 0 Å². The lowest BCUT2D eigenvalue weighted by molar-refractivity contribution is 0.0952. The lowest BCUT2D eigenvalue weighted by atomic mass is 10.1. The van der Waals surface area contributed by atoms with Crippen molar-refractivity contribution in [3.8, 4) is 0 Å². The molecule has 1 saturated heterocycles. The predicted octanol–water partition coefficient (Wildman–Crippen LogP) is 2.35. The van der Waals surface area contributed by atoms with Gasteiger partial charge < -0.3 is 10.6 Å². The third-order valence-corrected chi connectivity index (χ3v) is 3.41. The lowest BCUT2D eigenvalue weighted by Crippen LogP contribution is -2.30. The third kappa shape index (κ3) is 3.43. The van der Waals surface area contributed by atoms with E-state index in [1.165, 1.54) is 24.6 Å². The number of rotatable bonds is 4. The van der Waals surface area contributed by atoms with Crippen LogP contribution in [0.4, 0.5) is 4.39 Å². The maximum Gasteiger partial charge on any atom is 0.251 e. The second-order valence-electron chi connectivity index (χ2n) is 4.47. The Morgan fingerprint density at radius 2 is 2.39 bits per heavy atom. The van der Waals surface area contributed by atoms with E-state index in [2.05, 4.69) is 10.6 Å². The van der Waals surface area contributed by atoms with Crippen LogP contribution >= 0.6 is 11.6 Å². The molecule has 5 heteroatoms. The maximum absolute atomic E-state index is 12.9. The highest BCUT2D eigenvalue weighted by Gasteiger charge is 2.14. The second-order valence-corrected chi connectivity index (χ2v) is 4.87. The summed E-state index contributed by atoms with van der Waals surface area (Å²) in [6, 6.07) is 4.49. The minimum atomic E-state index is -0.511. The SMILES string of the molecule is O=C(NCC[C@@H]1CCCN1)c1ccc(F)c(Cl)c1. The monoisotopic (exact) mass is 270 g/mol. The van der Waals surface area contributed by atoms with Gasteiger partial charge >= 0.3 is 0 Å². The topological polar surface area (TPSA) is 41.1 Å². The Morgan fingerprint density at radius 3 is 3.06 bits per heavy atom. The molecule has 1 amide bonds. The minimum absolute atomic E-state index is 0.0277. The highest BCUT2D eigenvalue weighted by molar-refractivity contribution is 6.31. The molecule has 1 heterocycles. The van der Waals surface area contributed by atoms with Crippen LogP contribution in [-0.4, -0.2) is 25.0 Å². The summed E-state index contributed by atoms with van der Waals surface area (Å²) in [6.07, 6.45) is 3.28. The molecule has 2 rings (SSSR count). The van der Waals surface area contributed by atoms with Crippen LogP contribution in [0.3, 0.4) is 0 Å². The summed E-state index contributed by atoms with van der Waals surface area (Å²) in [5.74, 6) is -0.724. The number of halogens is 2. The first-order valence-corrected chi connectivity index (χ1v) is 6.51. The van der Waals surface area contributed by atoms with Gasteiger partial charge in [0, 0.05) is 18.2 Å². The predicted molar refractivity (Wildman–Crippen MR) is 69.4 cm³/mol. The minimum Gasteiger partial charge on any atom is -0.352 e. The Hall–Kier alpha value is -1.13. The van der Waals surface area contributed by atoms with E-state index in [-0.39, 0.29) is 10.9 Å². The molecule has 0 aromatic heterocycles. The number of carbonyl (C=O) groups is 1. The summed E-state index contributed by atoms with van der Waals surface area (Å²) >= 11 is 5.63. The van der Waals surface area contributed by atoms with E-state index in [0.29, 0.717) is 18.2 Å². The number of amides is 1. The molecule has 2 N–H and O–H groups in total. The van der Waals surface area contributed by atoms with Crippen LogP contribution in [0.25, 0.3) is 0 Å². The number of benzene rings is 1. The molecule has 0 spiro atoms. The van der Waals surface area contributed by atoms with E-state index in [0.717, 1.165) is 19.4 Å². The molecule has 98 valence electrons. The van der Waals surface area contributed by atoms with Gasteiger partial charge in [-0.3, -0.25) is 4.79 Å². The van der Waals surface area contributed by atoms with Gasteiger partial charge in [0.05, 0.1) is 5.02 Å². The molecule has 3 nitrogen and oxygen atoms in total. The Morgan fingerprint density at radius 1 is 1.56 bits per heavy atom. The van der Waals surface area contributed by atoms with Crippen molar-refractivity contribution < 1.29 is 9.18 Å². The summed E-state index contributed by atoms with van der Waals surface area (Å²) in [7, 11) is 0. The molecule has 1 atom stereocenters. The zero-order valence-corrected chi connectivity index (χ0v) is 10.8. The zero-order chi connectivity index (χ0) is 13.0. The van der Waals surface area contributed by atoms with Crippen LogP contribution < -0.4 is 10.6 Å². The molecule has 0 aliphatic carbocycles. The van der Waals surface area contributed by atoms with Gasteiger partial charge in [-0.2, -0.15) is 0 Å². The van der Waals surface area contributed by atoms with E-state index in [9.17, 15) is 9.18 Å². The average Bonchev–Trinajstić information content (AvgIpc) is 2.85. The summed E-state index contributed by atoms with van der Waals surface area (Å²) < 4.78 is 12.9. The van der Waals surface area contributed by atoms with Gasteiger partial charge in [0.2, 0.25) is 0 Å². The molecule has 0 saturated carbocycles. The second kappa shape index (κ2) is 6.16. The van der Waals surface area contributed by atoms with Crippen molar-refractivity contribution in [3.05, 3.63) is 34.6 Å². The molecule has 0 radical (unpaired) electrons. The number of carbonyl (C=O) groups excluding carboxylic acids is 1. The summed E-state index contributed by atoms with van der Waals surface area (Å²) in [5, 5.41) is 6.15. The molecule has 1 aromatic rings. The fourth-order valence-electron chi connectivity index (χ4n) is 2.10. The van der Waals surface area contributed by atoms with E-state index < -0.39 is 5.82 Å². The Labute approximate surface area is 111 Å². The average molecular weight is 271 g/mol. The van der Waals surface area contributed by atoms with Crippen molar-refractivity contribution in [2.75, 3.05) is 13.1 Å². The molecule has 0 bridgehead atoms. The number of hydrogen-bond donors (Lipinski definition) is 2.